The number of aryl methyl sites for hydroxylation is 1. The predicted octanol–water partition coefficient (Wildman–Crippen LogP) is 2.90. The molecular weight excluding hydrogens is 252 g/mol. The van der Waals surface area contributed by atoms with Crippen LogP contribution in [0, 0.1) is 0 Å². The monoisotopic (exact) mass is 272 g/mol. The Morgan fingerprint density at radius 3 is 2.35 bits per heavy atom. The number of amides is 1. The Labute approximate surface area is 119 Å². The highest BCUT2D eigenvalue weighted by Crippen LogP contribution is 2.17. The van der Waals surface area contributed by atoms with Crippen LogP contribution in [0.15, 0.2) is 36.7 Å². The third kappa shape index (κ3) is 4.05. The number of nitrogens with two attached hydrogens (primary N) is 1. The highest BCUT2D eigenvalue weighted by atomic mass is 16.1. The lowest BCUT2D eigenvalue weighted by atomic mass is 10.2. The van der Waals surface area contributed by atoms with E-state index in [0.717, 1.165) is 6.42 Å². The van der Waals surface area contributed by atoms with Gasteiger partial charge in [-0.05, 0) is 12.1 Å². The minimum Gasteiger partial charge on any atom is -0.397 e. The van der Waals surface area contributed by atoms with Crippen LogP contribution in [0.3, 0.4) is 0 Å². The summed E-state index contributed by atoms with van der Waals surface area (Å²) in [5, 5.41) is 2.72. The number of nitrogens with one attached hydrogen (secondary N) is 1. The molecule has 0 saturated carbocycles. The van der Waals surface area contributed by atoms with Gasteiger partial charge in [0.15, 0.2) is 0 Å². The molecule has 0 aliphatic carbocycles. The summed E-state index contributed by atoms with van der Waals surface area (Å²) < 4.78 is 0. The molecule has 0 saturated heterocycles. The largest absolute Gasteiger partial charge is 0.397 e. The zero-order valence-electron chi connectivity index (χ0n) is 12.1. The van der Waals surface area contributed by atoms with Gasteiger partial charge in [-0.3, -0.25) is 4.79 Å². The molecule has 20 heavy (non-hydrogen) atoms. The van der Waals surface area contributed by atoms with E-state index in [0.29, 0.717) is 22.8 Å². The fourth-order valence-electron chi connectivity index (χ4n) is 1.46. The second-order valence-electron chi connectivity index (χ2n) is 3.78. The molecule has 1 heterocycles. The quantitative estimate of drug-likeness (QED) is 0.842. The van der Waals surface area contributed by atoms with Crippen molar-refractivity contribution in [3.05, 3.63) is 48.0 Å². The smallest absolute Gasteiger partial charge is 0.258 e. The molecule has 0 unspecified atom stereocenters. The molecule has 1 aromatic carbocycles. The summed E-state index contributed by atoms with van der Waals surface area (Å²) in [5.41, 5.74) is 7.27. The third-order valence-electron chi connectivity index (χ3n) is 2.49. The zero-order chi connectivity index (χ0) is 15.0. The van der Waals surface area contributed by atoms with Crippen LogP contribution >= 0.6 is 0 Å². The zero-order valence-corrected chi connectivity index (χ0v) is 12.1. The number of carbonyl (C=O) groups is 1. The first-order chi connectivity index (χ1) is 9.70. The Morgan fingerprint density at radius 1 is 1.20 bits per heavy atom. The average molecular weight is 272 g/mol. The first-order valence-electron chi connectivity index (χ1n) is 6.67. The van der Waals surface area contributed by atoms with Crippen molar-refractivity contribution in [1.29, 1.82) is 0 Å². The van der Waals surface area contributed by atoms with Crippen LogP contribution in [0.1, 0.15) is 37.0 Å². The molecule has 2 rings (SSSR count). The topological polar surface area (TPSA) is 80.9 Å². The molecule has 0 fully saturated rings. The number of anilines is 2. The molecule has 0 aliphatic heterocycles. The van der Waals surface area contributed by atoms with Crippen molar-refractivity contribution in [2.45, 2.75) is 27.2 Å². The van der Waals surface area contributed by atoms with Crippen LogP contribution in [-0.2, 0) is 6.42 Å². The number of hydrogen-bond acceptors (Lipinski definition) is 4. The number of para-hydroxylation sites is 2. The van der Waals surface area contributed by atoms with E-state index >= 15 is 0 Å². The molecule has 0 atom stereocenters. The van der Waals surface area contributed by atoms with Gasteiger partial charge >= 0.3 is 0 Å². The Bertz CT molecular complexity index is 552. The van der Waals surface area contributed by atoms with E-state index in [1.807, 2.05) is 32.9 Å². The molecule has 0 bridgehead atoms. The van der Waals surface area contributed by atoms with Gasteiger partial charge in [-0.2, -0.15) is 0 Å². The van der Waals surface area contributed by atoms with Crippen LogP contribution < -0.4 is 11.1 Å². The van der Waals surface area contributed by atoms with E-state index < -0.39 is 0 Å². The molecule has 1 aromatic heterocycles. The van der Waals surface area contributed by atoms with Gasteiger partial charge < -0.3 is 11.1 Å². The highest BCUT2D eigenvalue weighted by molar-refractivity contribution is 6.05. The standard InChI is InChI=1S/C13H14N4O.C2H6/c1-2-12-15-7-9(8-16-12)13(18)17-11-6-4-3-5-10(11)14;1-2/h3-8H,2,14H2,1H3,(H,17,18);1-2H3. The molecule has 106 valence electrons. The lowest BCUT2D eigenvalue weighted by molar-refractivity contribution is 0.102. The number of benzene rings is 1. The normalized spacial score (nSPS) is 9.35. The van der Waals surface area contributed by atoms with Crippen molar-refractivity contribution in [2.75, 3.05) is 11.1 Å². The molecule has 3 N–H and O–H groups in total. The van der Waals surface area contributed by atoms with Gasteiger partial charge in [-0.1, -0.05) is 32.9 Å². The molecule has 5 heteroatoms. The van der Waals surface area contributed by atoms with Crippen LogP contribution in [0.2, 0.25) is 0 Å². The Morgan fingerprint density at radius 2 is 1.80 bits per heavy atom. The van der Waals surface area contributed by atoms with Crippen molar-refractivity contribution in [3.8, 4) is 0 Å². The number of aromatic nitrogens is 2. The first-order valence-corrected chi connectivity index (χ1v) is 6.67. The van der Waals surface area contributed by atoms with Gasteiger partial charge in [-0.15, -0.1) is 0 Å². The molecule has 1 amide bonds. The van der Waals surface area contributed by atoms with Crippen molar-refractivity contribution >= 4 is 17.3 Å². The maximum Gasteiger partial charge on any atom is 0.258 e. The molecule has 0 spiro atoms. The summed E-state index contributed by atoms with van der Waals surface area (Å²) in [5.74, 6) is 0.446. The van der Waals surface area contributed by atoms with Crippen molar-refractivity contribution in [3.63, 3.8) is 0 Å². The summed E-state index contributed by atoms with van der Waals surface area (Å²) in [6, 6.07) is 7.09. The third-order valence-corrected chi connectivity index (χ3v) is 2.49. The van der Waals surface area contributed by atoms with Gasteiger partial charge in [0.25, 0.3) is 5.91 Å². The molecule has 5 nitrogen and oxygen atoms in total. The van der Waals surface area contributed by atoms with E-state index in [-0.39, 0.29) is 5.91 Å². The Hall–Kier alpha value is -2.43. The molecule has 0 radical (unpaired) electrons. The predicted molar refractivity (Wildman–Crippen MR) is 81.6 cm³/mol. The van der Waals surface area contributed by atoms with Gasteiger partial charge in [0.05, 0.1) is 16.9 Å². The fraction of sp³-hybridized carbons (Fsp3) is 0.267. The van der Waals surface area contributed by atoms with Crippen molar-refractivity contribution in [1.82, 2.24) is 9.97 Å². The number of hydrogen-bond donors (Lipinski definition) is 2. The van der Waals surface area contributed by atoms with Crippen LogP contribution in [0.4, 0.5) is 11.4 Å². The number of nitrogen functional groups attached to an aromatic ring is 1. The number of carbonyl (C=O) groups excluding carboxylic acids is 1. The summed E-state index contributed by atoms with van der Waals surface area (Å²) in [7, 11) is 0. The molecule has 0 aliphatic rings. The van der Waals surface area contributed by atoms with Crippen LogP contribution in [0.5, 0.6) is 0 Å². The summed E-state index contributed by atoms with van der Waals surface area (Å²) in [4.78, 5) is 20.1. The Balaban J connectivity index is 0.000000956. The maximum absolute atomic E-state index is 11.9. The maximum atomic E-state index is 11.9. The highest BCUT2D eigenvalue weighted by Gasteiger charge is 2.08. The second kappa shape index (κ2) is 7.89. The van der Waals surface area contributed by atoms with Crippen LogP contribution in [-0.4, -0.2) is 15.9 Å². The van der Waals surface area contributed by atoms with Gasteiger partial charge in [0, 0.05) is 18.8 Å². The molecular formula is C15H20N4O. The summed E-state index contributed by atoms with van der Waals surface area (Å²) >= 11 is 0. The lowest BCUT2D eigenvalue weighted by Crippen LogP contribution is -2.14. The van der Waals surface area contributed by atoms with Gasteiger partial charge in [0.2, 0.25) is 0 Å². The van der Waals surface area contributed by atoms with E-state index in [9.17, 15) is 4.79 Å². The number of rotatable bonds is 3. The SMILES string of the molecule is CC.CCc1ncc(C(=O)Nc2ccccc2N)cn1. The number of nitrogens with zero attached hydrogens (tertiary/aromatic N) is 2. The second-order valence-corrected chi connectivity index (χ2v) is 3.78. The lowest BCUT2D eigenvalue weighted by Gasteiger charge is -2.07. The van der Waals surface area contributed by atoms with Crippen molar-refractivity contribution in [2.24, 2.45) is 0 Å². The Kier molecular flexibility index (Phi) is 6.16. The van der Waals surface area contributed by atoms with E-state index in [1.165, 1.54) is 12.4 Å². The van der Waals surface area contributed by atoms with E-state index in [1.54, 1.807) is 12.1 Å². The molecule has 2 aromatic rings. The average Bonchev–Trinajstić information content (AvgIpc) is 2.51. The van der Waals surface area contributed by atoms with E-state index in [4.69, 9.17) is 5.73 Å². The first kappa shape index (κ1) is 15.6. The van der Waals surface area contributed by atoms with Gasteiger partial charge in [-0.25, -0.2) is 9.97 Å². The van der Waals surface area contributed by atoms with Gasteiger partial charge in [0.1, 0.15) is 5.82 Å². The van der Waals surface area contributed by atoms with E-state index in [2.05, 4.69) is 15.3 Å². The minimum atomic E-state index is -0.268. The van der Waals surface area contributed by atoms with Crippen LogP contribution in [0.25, 0.3) is 0 Å². The van der Waals surface area contributed by atoms with Crippen molar-refractivity contribution < 1.29 is 4.79 Å². The minimum absolute atomic E-state index is 0.268. The summed E-state index contributed by atoms with van der Waals surface area (Å²) in [6.45, 7) is 5.96. The fourth-order valence-corrected chi connectivity index (χ4v) is 1.46. The summed E-state index contributed by atoms with van der Waals surface area (Å²) in [6.07, 6.45) is 3.77.